The van der Waals surface area contributed by atoms with E-state index >= 15 is 0 Å². The van der Waals surface area contributed by atoms with E-state index in [1.54, 1.807) is 25.3 Å². The van der Waals surface area contributed by atoms with E-state index in [0.29, 0.717) is 16.5 Å². The van der Waals surface area contributed by atoms with Crippen molar-refractivity contribution >= 4 is 23.2 Å². The van der Waals surface area contributed by atoms with Gasteiger partial charge in [-0.2, -0.15) is 0 Å². The SMILES string of the molecule is COc1ccc(NC(=O)C(NC(C)c2ccc(C)o2)c2ccccc2)cc1Cl. The summed E-state index contributed by atoms with van der Waals surface area (Å²) in [6.45, 7) is 3.86. The minimum Gasteiger partial charge on any atom is -0.495 e. The zero-order valence-corrected chi connectivity index (χ0v) is 16.8. The summed E-state index contributed by atoms with van der Waals surface area (Å²) in [6, 6.07) is 17.8. The summed E-state index contributed by atoms with van der Waals surface area (Å²) in [7, 11) is 1.55. The molecule has 3 rings (SSSR count). The van der Waals surface area contributed by atoms with E-state index in [2.05, 4.69) is 10.6 Å². The van der Waals surface area contributed by atoms with Gasteiger partial charge in [0, 0.05) is 5.69 Å². The van der Waals surface area contributed by atoms with Gasteiger partial charge in [-0.1, -0.05) is 41.9 Å². The highest BCUT2D eigenvalue weighted by atomic mass is 35.5. The highest BCUT2D eigenvalue weighted by molar-refractivity contribution is 6.32. The lowest BCUT2D eigenvalue weighted by atomic mass is 10.0. The van der Waals surface area contributed by atoms with Crippen LogP contribution in [0.4, 0.5) is 5.69 Å². The zero-order valence-electron chi connectivity index (χ0n) is 16.0. The standard InChI is InChI=1S/C22H23ClN2O3/c1-14-9-11-19(28-14)15(2)24-21(16-7-5-4-6-8-16)22(26)25-17-10-12-20(27-3)18(23)13-17/h4-13,15,21,24H,1-3H3,(H,25,26). The molecule has 2 N–H and O–H groups in total. The molecule has 0 saturated heterocycles. The average molecular weight is 399 g/mol. The average Bonchev–Trinajstić information content (AvgIpc) is 3.13. The molecule has 0 fully saturated rings. The van der Waals surface area contributed by atoms with Gasteiger partial charge in [-0.25, -0.2) is 0 Å². The maximum absolute atomic E-state index is 13.1. The predicted molar refractivity (Wildman–Crippen MR) is 111 cm³/mol. The number of carbonyl (C=O) groups excluding carboxylic acids is 1. The maximum atomic E-state index is 13.1. The number of hydrogen-bond acceptors (Lipinski definition) is 4. The van der Waals surface area contributed by atoms with Crippen LogP contribution < -0.4 is 15.4 Å². The van der Waals surface area contributed by atoms with E-state index < -0.39 is 6.04 Å². The third-order valence-electron chi connectivity index (χ3n) is 4.42. The summed E-state index contributed by atoms with van der Waals surface area (Å²) < 4.78 is 10.9. The Balaban J connectivity index is 1.82. The Hall–Kier alpha value is -2.76. The van der Waals surface area contributed by atoms with Crippen molar-refractivity contribution in [2.75, 3.05) is 12.4 Å². The van der Waals surface area contributed by atoms with Crippen LogP contribution in [0.5, 0.6) is 5.75 Å². The first kappa shape index (κ1) is 20.0. The molecule has 0 spiro atoms. The third kappa shape index (κ3) is 4.74. The molecule has 2 aromatic carbocycles. The van der Waals surface area contributed by atoms with Crippen molar-refractivity contribution in [2.24, 2.45) is 0 Å². The summed E-state index contributed by atoms with van der Waals surface area (Å²) in [5, 5.41) is 6.71. The molecule has 28 heavy (non-hydrogen) atoms. The van der Waals surface area contributed by atoms with Crippen LogP contribution in [0.2, 0.25) is 5.02 Å². The largest absolute Gasteiger partial charge is 0.495 e. The van der Waals surface area contributed by atoms with Crippen LogP contribution in [-0.2, 0) is 4.79 Å². The van der Waals surface area contributed by atoms with Crippen LogP contribution in [-0.4, -0.2) is 13.0 Å². The van der Waals surface area contributed by atoms with Crippen molar-refractivity contribution in [1.29, 1.82) is 0 Å². The summed E-state index contributed by atoms with van der Waals surface area (Å²) in [5.74, 6) is 1.97. The molecule has 5 nitrogen and oxygen atoms in total. The molecule has 0 saturated carbocycles. The van der Waals surface area contributed by atoms with E-state index in [1.807, 2.05) is 56.3 Å². The van der Waals surface area contributed by atoms with Crippen LogP contribution in [0.3, 0.4) is 0 Å². The molecule has 0 aliphatic carbocycles. The fraction of sp³-hybridized carbons (Fsp3) is 0.227. The van der Waals surface area contributed by atoms with Gasteiger partial charge in [0.1, 0.15) is 23.3 Å². The Bertz CT molecular complexity index is 940. The first-order valence-corrected chi connectivity index (χ1v) is 9.37. The van der Waals surface area contributed by atoms with Crippen LogP contribution in [0.1, 0.15) is 36.1 Å². The van der Waals surface area contributed by atoms with E-state index in [4.69, 9.17) is 20.8 Å². The molecule has 3 aromatic rings. The molecule has 0 radical (unpaired) electrons. The molecule has 0 aliphatic heterocycles. The lowest BCUT2D eigenvalue weighted by molar-refractivity contribution is -0.118. The highest BCUT2D eigenvalue weighted by Gasteiger charge is 2.24. The van der Waals surface area contributed by atoms with E-state index in [-0.39, 0.29) is 11.9 Å². The molecule has 0 aliphatic rings. The Labute approximate surface area is 169 Å². The minimum atomic E-state index is -0.567. The fourth-order valence-corrected chi connectivity index (χ4v) is 3.20. The summed E-state index contributed by atoms with van der Waals surface area (Å²) in [6.07, 6.45) is 0. The fourth-order valence-electron chi connectivity index (χ4n) is 2.95. The maximum Gasteiger partial charge on any atom is 0.246 e. The molecular formula is C22H23ClN2O3. The van der Waals surface area contributed by atoms with Crippen molar-refractivity contribution in [1.82, 2.24) is 5.32 Å². The lowest BCUT2D eigenvalue weighted by Gasteiger charge is -2.22. The van der Waals surface area contributed by atoms with Gasteiger partial charge in [0.15, 0.2) is 0 Å². The normalized spacial score (nSPS) is 13.0. The monoisotopic (exact) mass is 398 g/mol. The van der Waals surface area contributed by atoms with Crippen LogP contribution in [0.25, 0.3) is 0 Å². The topological polar surface area (TPSA) is 63.5 Å². The van der Waals surface area contributed by atoms with Gasteiger partial charge in [0.05, 0.1) is 18.2 Å². The number of hydrogen-bond donors (Lipinski definition) is 2. The van der Waals surface area contributed by atoms with E-state index in [1.165, 1.54) is 0 Å². The lowest BCUT2D eigenvalue weighted by Crippen LogP contribution is -2.34. The molecular weight excluding hydrogens is 376 g/mol. The zero-order chi connectivity index (χ0) is 20.1. The van der Waals surface area contributed by atoms with Gasteiger partial charge >= 0.3 is 0 Å². The van der Waals surface area contributed by atoms with Crippen molar-refractivity contribution in [3.63, 3.8) is 0 Å². The number of nitrogens with one attached hydrogen (secondary N) is 2. The number of aryl methyl sites for hydroxylation is 1. The minimum absolute atomic E-state index is 0.149. The van der Waals surface area contributed by atoms with E-state index in [9.17, 15) is 4.79 Å². The quantitative estimate of drug-likeness (QED) is 0.568. The van der Waals surface area contributed by atoms with Crippen molar-refractivity contribution < 1.29 is 13.9 Å². The van der Waals surface area contributed by atoms with Gasteiger partial charge in [-0.3, -0.25) is 10.1 Å². The summed E-state index contributed by atoms with van der Waals surface area (Å²) in [4.78, 5) is 13.1. The number of amides is 1. The molecule has 1 amide bonds. The number of anilines is 1. The second-order valence-electron chi connectivity index (χ2n) is 6.52. The third-order valence-corrected chi connectivity index (χ3v) is 4.71. The number of methoxy groups -OCH3 is 1. The molecule has 1 aromatic heterocycles. The molecule has 146 valence electrons. The van der Waals surface area contributed by atoms with Gasteiger partial charge in [0.25, 0.3) is 0 Å². The van der Waals surface area contributed by atoms with Gasteiger partial charge in [0.2, 0.25) is 5.91 Å². The van der Waals surface area contributed by atoms with Crippen molar-refractivity contribution in [3.8, 4) is 5.75 Å². The smallest absolute Gasteiger partial charge is 0.246 e. The Morgan fingerprint density at radius 2 is 1.86 bits per heavy atom. The van der Waals surface area contributed by atoms with Crippen LogP contribution >= 0.6 is 11.6 Å². The number of benzene rings is 2. The number of rotatable bonds is 7. The van der Waals surface area contributed by atoms with Gasteiger partial charge in [-0.05, 0) is 49.7 Å². The number of furan rings is 1. The van der Waals surface area contributed by atoms with Crippen molar-refractivity contribution in [3.05, 3.63) is 82.8 Å². The number of carbonyl (C=O) groups is 1. The second kappa shape index (κ2) is 8.95. The van der Waals surface area contributed by atoms with E-state index in [0.717, 1.165) is 17.1 Å². The van der Waals surface area contributed by atoms with Crippen molar-refractivity contribution in [2.45, 2.75) is 25.9 Å². The first-order chi connectivity index (χ1) is 13.5. The highest BCUT2D eigenvalue weighted by Crippen LogP contribution is 2.28. The molecule has 2 unspecified atom stereocenters. The molecule has 1 heterocycles. The molecule has 0 bridgehead atoms. The Morgan fingerprint density at radius 3 is 2.46 bits per heavy atom. The number of halogens is 1. The van der Waals surface area contributed by atoms with Crippen LogP contribution in [0.15, 0.2) is 65.1 Å². The van der Waals surface area contributed by atoms with Gasteiger partial charge in [-0.15, -0.1) is 0 Å². The summed E-state index contributed by atoms with van der Waals surface area (Å²) >= 11 is 6.17. The second-order valence-corrected chi connectivity index (χ2v) is 6.93. The first-order valence-electron chi connectivity index (χ1n) is 8.99. The Kier molecular flexibility index (Phi) is 6.39. The van der Waals surface area contributed by atoms with Gasteiger partial charge < -0.3 is 14.5 Å². The van der Waals surface area contributed by atoms with Crippen LogP contribution in [0, 0.1) is 6.92 Å². The molecule has 6 heteroatoms. The number of ether oxygens (including phenoxy) is 1. The summed E-state index contributed by atoms with van der Waals surface area (Å²) in [5.41, 5.74) is 1.45. The molecule has 2 atom stereocenters. The predicted octanol–water partition coefficient (Wildman–Crippen LogP) is 5.28. The Morgan fingerprint density at radius 1 is 1.11 bits per heavy atom.